The molecule has 37 heavy (non-hydrogen) atoms. The predicted octanol–water partition coefficient (Wildman–Crippen LogP) is 10.5. The Balaban J connectivity index is 1.22. The molecule has 6 aromatic rings. The molecule has 2 heteroatoms. The highest BCUT2D eigenvalue weighted by Gasteiger charge is 2.10. The summed E-state index contributed by atoms with van der Waals surface area (Å²) in [6.45, 7) is 0. The van der Waals surface area contributed by atoms with Crippen molar-refractivity contribution >= 4 is 45.1 Å². The van der Waals surface area contributed by atoms with Gasteiger partial charge in [0.15, 0.2) is 0 Å². The van der Waals surface area contributed by atoms with Crippen LogP contribution >= 0.6 is 23.5 Å². The molecule has 0 atom stereocenters. The predicted molar refractivity (Wildman–Crippen MR) is 161 cm³/mol. The summed E-state index contributed by atoms with van der Waals surface area (Å²) < 4.78 is 0. The van der Waals surface area contributed by atoms with Gasteiger partial charge in [-0.2, -0.15) is 0 Å². The summed E-state index contributed by atoms with van der Waals surface area (Å²) >= 11 is 3.70. The third kappa shape index (κ3) is 5.46. The summed E-state index contributed by atoms with van der Waals surface area (Å²) in [6, 6.07) is 48.3. The van der Waals surface area contributed by atoms with Crippen molar-refractivity contribution in [3.05, 3.63) is 145 Å². The van der Waals surface area contributed by atoms with Crippen molar-refractivity contribution in [1.82, 2.24) is 0 Å². The van der Waals surface area contributed by atoms with Crippen molar-refractivity contribution in [2.24, 2.45) is 0 Å². The SMILES string of the molecule is c1ccc(Sc2ccc(CCCc3ccc(Sc4ccccc4)c4ccccc34)c3ccccc23)cc1. The maximum Gasteiger partial charge on any atom is 0.0201 e. The maximum atomic E-state index is 2.34. The van der Waals surface area contributed by atoms with E-state index < -0.39 is 0 Å². The van der Waals surface area contributed by atoms with E-state index in [0.29, 0.717) is 0 Å². The largest absolute Gasteiger partial charge is 0.0895 e. The van der Waals surface area contributed by atoms with Crippen molar-refractivity contribution in [3.63, 3.8) is 0 Å². The van der Waals surface area contributed by atoms with Crippen LogP contribution in [0.1, 0.15) is 17.5 Å². The maximum absolute atomic E-state index is 2.34. The van der Waals surface area contributed by atoms with Crippen LogP contribution < -0.4 is 0 Å². The molecule has 0 heterocycles. The first-order chi connectivity index (χ1) is 18.3. The molecule has 0 aromatic heterocycles. The van der Waals surface area contributed by atoms with Crippen LogP contribution in [0.3, 0.4) is 0 Å². The Morgan fingerprint density at radius 2 is 0.730 bits per heavy atom. The molecule has 0 aliphatic heterocycles. The van der Waals surface area contributed by atoms with Gasteiger partial charge in [0.1, 0.15) is 0 Å². The van der Waals surface area contributed by atoms with Gasteiger partial charge in [0.2, 0.25) is 0 Å². The van der Waals surface area contributed by atoms with Crippen LogP contribution in [-0.2, 0) is 12.8 Å². The second-order valence-corrected chi connectivity index (χ2v) is 11.5. The number of aryl methyl sites for hydroxylation is 2. The Hall–Kier alpha value is -3.46. The number of rotatable bonds is 8. The van der Waals surface area contributed by atoms with Gasteiger partial charge < -0.3 is 0 Å². The van der Waals surface area contributed by atoms with E-state index in [2.05, 4.69) is 133 Å². The Kier molecular flexibility index (Phi) is 7.30. The van der Waals surface area contributed by atoms with Gasteiger partial charge in [-0.1, -0.05) is 121 Å². The highest BCUT2D eigenvalue weighted by Crippen LogP contribution is 2.37. The molecule has 0 radical (unpaired) electrons. The molecule has 0 nitrogen and oxygen atoms in total. The average Bonchev–Trinajstić information content (AvgIpc) is 2.96. The molecule has 0 unspecified atom stereocenters. The highest BCUT2D eigenvalue weighted by molar-refractivity contribution is 7.99. The number of hydrogen-bond acceptors (Lipinski definition) is 2. The molecule has 0 fully saturated rings. The Morgan fingerprint density at radius 1 is 0.351 bits per heavy atom. The minimum atomic E-state index is 1.08. The van der Waals surface area contributed by atoms with Gasteiger partial charge in [-0.15, -0.1) is 0 Å². The molecule has 0 aliphatic rings. The Labute approximate surface area is 227 Å². The average molecular weight is 513 g/mol. The smallest absolute Gasteiger partial charge is 0.0201 e. The highest BCUT2D eigenvalue weighted by atomic mass is 32.2. The monoisotopic (exact) mass is 512 g/mol. The van der Waals surface area contributed by atoms with Crippen molar-refractivity contribution in [3.8, 4) is 0 Å². The van der Waals surface area contributed by atoms with Gasteiger partial charge in [0, 0.05) is 19.6 Å². The molecule has 0 saturated heterocycles. The summed E-state index contributed by atoms with van der Waals surface area (Å²) in [5, 5.41) is 5.45. The normalized spacial score (nSPS) is 11.2. The van der Waals surface area contributed by atoms with E-state index in [9.17, 15) is 0 Å². The van der Waals surface area contributed by atoms with E-state index in [1.807, 2.05) is 23.5 Å². The molecule has 0 saturated carbocycles. The molecule has 6 aromatic carbocycles. The molecule has 0 spiro atoms. The van der Waals surface area contributed by atoms with E-state index in [1.165, 1.54) is 52.3 Å². The molecule has 0 bridgehead atoms. The zero-order chi connectivity index (χ0) is 24.9. The van der Waals surface area contributed by atoms with Crippen molar-refractivity contribution in [1.29, 1.82) is 0 Å². The molecule has 0 N–H and O–H groups in total. The van der Waals surface area contributed by atoms with Crippen molar-refractivity contribution in [2.45, 2.75) is 38.8 Å². The minimum Gasteiger partial charge on any atom is -0.0895 e. The summed E-state index contributed by atoms with van der Waals surface area (Å²) in [5.74, 6) is 0. The van der Waals surface area contributed by atoms with Crippen LogP contribution in [0.4, 0.5) is 0 Å². The summed E-state index contributed by atoms with van der Waals surface area (Å²) in [7, 11) is 0. The van der Waals surface area contributed by atoms with Gasteiger partial charge in [-0.05, 0) is 88.3 Å². The zero-order valence-electron chi connectivity index (χ0n) is 20.6. The fraction of sp³-hybridized carbons (Fsp3) is 0.0857. The van der Waals surface area contributed by atoms with Gasteiger partial charge >= 0.3 is 0 Å². The third-order valence-corrected chi connectivity index (χ3v) is 8.95. The zero-order valence-corrected chi connectivity index (χ0v) is 22.3. The lowest BCUT2D eigenvalue weighted by atomic mass is 9.96. The first-order valence-electron chi connectivity index (χ1n) is 12.8. The molecule has 180 valence electrons. The summed E-state index contributed by atoms with van der Waals surface area (Å²) in [4.78, 5) is 5.20. The number of benzene rings is 6. The lowest BCUT2D eigenvalue weighted by Gasteiger charge is -2.13. The van der Waals surface area contributed by atoms with Crippen molar-refractivity contribution in [2.75, 3.05) is 0 Å². The standard InChI is InChI=1S/C35H28S2/c1-3-14-28(15-4-1)36-34-24-22-26(30-18-7-9-20-32(30)34)12-11-13-27-23-25-35(33-21-10-8-19-31(27)33)37-29-16-5-2-6-17-29/h1-10,14-25H,11-13H2. The molecule has 6 rings (SSSR count). The molecular weight excluding hydrogens is 485 g/mol. The van der Waals surface area contributed by atoms with Crippen LogP contribution in [0.2, 0.25) is 0 Å². The summed E-state index contributed by atoms with van der Waals surface area (Å²) in [5.41, 5.74) is 2.88. The van der Waals surface area contributed by atoms with Crippen LogP contribution in [0.5, 0.6) is 0 Å². The van der Waals surface area contributed by atoms with E-state index >= 15 is 0 Å². The van der Waals surface area contributed by atoms with Crippen LogP contribution in [-0.4, -0.2) is 0 Å². The lowest BCUT2D eigenvalue weighted by Crippen LogP contribution is -1.94. The third-order valence-electron chi connectivity index (χ3n) is 6.78. The summed E-state index contributed by atoms with van der Waals surface area (Å²) in [6.07, 6.45) is 3.28. The van der Waals surface area contributed by atoms with Crippen LogP contribution in [0.25, 0.3) is 21.5 Å². The van der Waals surface area contributed by atoms with Gasteiger partial charge in [-0.3, -0.25) is 0 Å². The quantitative estimate of drug-likeness (QED) is 0.199. The fourth-order valence-electron chi connectivity index (χ4n) is 4.98. The molecule has 0 aliphatic carbocycles. The Morgan fingerprint density at radius 3 is 1.16 bits per heavy atom. The second-order valence-electron chi connectivity index (χ2n) is 9.22. The Bertz CT molecular complexity index is 1510. The first kappa shape index (κ1) is 23.9. The number of fused-ring (bicyclic) bond motifs is 2. The van der Waals surface area contributed by atoms with Gasteiger partial charge in [0.05, 0.1) is 0 Å². The minimum absolute atomic E-state index is 1.08. The van der Waals surface area contributed by atoms with E-state index in [0.717, 1.165) is 19.3 Å². The van der Waals surface area contributed by atoms with E-state index in [4.69, 9.17) is 0 Å². The van der Waals surface area contributed by atoms with E-state index in [1.54, 1.807) is 0 Å². The number of hydrogen-bond donors (Lipinski definition) is 0. The topological polar surface area (TPSA) is 0 Å². The van der Waals surface area contributed by atoms with Crippen LogP contribution in [0.15, 0.2) is 153 Å². The van der Waals surface area contributed by atoms with Gasteiger partial charge in [-0.25, -0.2) is 0 Å². The molecular formula is C35H28S2. The van der Waals surface area contributed by atoms with Crippen molar-refractivity contribution < 1.29 is 0 Å². The fourth-order valence-corrected chi connectivity index (χ4v) is 6.92. The van der Waals surface area contributed by atoms with Gasteiger partial charge in [0.25, 0.3) is 0 Å². The molecule has 0 amide bonds. The van der Waals surface area contributed by atoms with E-state index in [-0.39, 0.29) is 0 Å². The first-order valence-corrected chi connectivity index (χ1v) is 14.5. The second kappa shape index (κ2) is 11.3. The van der Waals surface area contributed by atoms with Crippen LogP contribution in [0, 0.1) is 0 Å². The lowest BCUT2D eigenvalue weighted by molar-refractivity contribution is 0.829.